The first-order valence-corrected chi connectivity index (χ1v) is 5.14. The Balaban J connectivity index is 2.46. The highest BCUT2D eigenvalue weighted by atomic mass is 32.2. The lowest BCUT2D eigenvalue weighted by molar-refractivity contribution is -0.117. The van der Waals surface area contributed by atoms with Crippen molar-refractivity contribution in [3.05, 3.63) is 18.2 Å². The van der Waals surface area contributed by atoms with Crippen LogP contribution >= 0.6 is 11.8 Å². The van der Waals surface area contributed by atoms with E-state index in [1.54, 1.807) is 12.1 Å². The fourth-order valence-corrected chi connectivity index (χ4v) is 2.35. The molecule has 1 aromatic rings. The van der Waals surface area contributed by atoms with Crippen molar-refractivity contribution < 1.29 is 9.90 Å². The van der Waals surface area contributed by atoms with Crippen LogP contribution in [0.1, 0.15) is 13.8 Å². The number of anilines is 1. The van der Waals surface area contributed by atoms with Crippen LogP contribution in [0.15, 0.2) is 23.1 Å². The summed E-state index contributed by atoms with van der Waals surface area (Å²) < 4.78 is -0.441. The summed E-state index contributed by atoms with van der Waals surface area (Å²) in [5.41, 5.74) is 0.694. The van der Waals surface area contributed by atoms with Gasteiger partial charge in [0.1, 0.15) is 5.75 Å². The number of aromatic hydroxyl groups is 1. The molecule has 0 saturated heterocycles. The zero-order chi connectivity index (χ0) is 10.3. The van der Waals surface area contributed by atoms with E-state index in [1.807, 2.05) is 19.9 Å². The third-order valence-corrected chi connectivity index (χ3v) is 3.39. The molecule has 1 heterocycles. The molecular formula is C10H11NO2S. The molecule has 1 aliphatic rings. The maximum Gasteiger partial charge on any atom is 0.240 e. The topological polar surface area (TPSA) is 49.3 Å². The highest BCUT2D eigenvalue weighted by Crippen LogP contribution is 2.42. The Bertz CT molecular complexity index is 401. The molecule has 0 atom stereocenters. The third kappa shape index (κ3) is 1.46. The van der Waals surface area contributed by atoms with Crippen molar-refractivity contribution in [3.63, 3.8) is 0 Å². The van der Waals surface area contributed by atoms with E-state index in [0.29, 0.717) is 5.69 Å². The number of fused-ring (bicyclic) bond motifs is 1. The molecular weight excluding hydrogens is 198 g/mol. The van der Waals surface area contributed by atoms with Gasteiger partial charge in [-0.25, -0.2) is 0 Å². The summed E-state index contributed by atoms with van der Waals surface area (Å²) in [5.74, 6) is 0.143. The number of thioether (sulfide) groups is 1. The minimum atomic E-state index is -0.441. The van der Waals surface area contributed by atoms with E-state index in [4.69, 9.17) is 0 Å². The molecule has 1 amide bonds. The van der Waals surface area contributed by atoms with E-state index in [1.165, 1.54) is 11.8 Å². The Morgan fingerprint density at radius 1 is 1.43 bits per heavy atom. The van der Waals surface area contributed by atoms with Crippen LogP contribution in [0.3, 0.4) is 0 Å². The first-order chi connectivity index (χ1) is 6.49. The lowest BCUT2D eigenvalue weighted by atomic mass is 10.1. The van der Waals surface area contributed by atoms with Crippen molar-refractivity contribution >= 4 is 23.4 Å². The van der Waals surface area contributed by atoms with Crippen LogP contribution in [0.2, 0.25) is 0 Å². The summed E-state index contributed by atoms with van der Waals surface area (Å²) in [6, 6.07) is 5.01. The zero-order valence-electron chi connectivity index (χ0n) is 8.00. The molecule has 0 unspecified atom stereocenters. The van der Waals surface area contributed by atoms with Gasteiger partial charge in [0.2, 0.25) is 5.91 Å². The molecule has 2 rings (SSSR count). The predicted octanol–water partition coefficient (Wildman–Crippen LogP) is 2.21. The van der Waals surface area contributed by atoms with Gasteiger partial charge in [0.05, 0.1) is 10.4 Å². The lowest BCUT2D eigenvalue weighted by Crippen LogP contribution is -2.36. The van der Waals surface area contributed by atoms with Gasteiger partial charge in [0, 0.05) is 11.0 Å². The molecule has 0 spiro atoms. The van der Waals surface area contributed by atoms with Crippen LogP contribution in [0.25, 0.3) is 0 Å². The fraction of sp³-hybridized carbons (Fsp3) is 0.300. The Labute approximate surface area is 86.5 Å². The number of benzene rings is 1. The molecule has 1 aromatic carbocycles. The van der Waals surface area contributed by atoms with Crippen molar-refractivity contribution in [1.82, 2.24) is 0 Å². The Hall–Kier alpha value is -1.16. The number of carbonyl (C=O) groups excluding carboxylic acids is 1. The zero-order valence-corrected chi connectivity index (χ0v) is 8.81. The SMILES string of the molecule is CC1(C)Sc2ccc(O)cc2NC1=O. The Kier molecular flexibility index (Phi) is 1.96. The maximum absolute atomic E-state index is 11.6. The quantitative estimate of drug-likeness (QED) is 0.688. The second kappa shape index (κ2) is 2.92. The molecule has 0 bridgehead atoms. The molecule has 0 radical (unpaired) electrons. The normalized spacial score (nSPS) is 18.6. The maximum atomic E-state index is 11.6. The van der Waals surface area contributed by atoms with Crippen molar-refractivity contribution in [2.45, 2.75) is 23.5 Å². The predicted molar refractivity (Wildman–Crippen MR) is 56.7 cm³/mol. The van der Waals surface area contributed by atoms with E-state index in [-0.39, 0.29) is 11.7 Å². The summed E-state index contributed by atoms with van der Waals surface area (Å²) in [5, 5.41) is 12.0. The van der Waals surface area contributed by atoms with Gasteiger partial charge in [-0.1, -0.05) is 0 Å². The van der Waals surface area contributed by atoms with E-state index in [2.05, 4.69) is 5.32 Å². The van der Waals surface area contributed by atoms with Crippen molar-refractivity contribution in [1.29, 1.82) is 0 Å². The minimum absolute atomic E-state index is 0.0272. The van der Waals surface area contributed by atoms with Gasteiger partial charge in [-0.15, -0.1) is 11.8 Å². The highest BCUT2D eigenvalue weighted by Gasteiger charge is 2.34. The molecule has 14 heavy (non-hydrogen) atoms. The number of hydrogen-bond acceptors (Lipinski definition) is 3. The summed E-state index contributed by atoms with van der Waals surface area (Å²) >= 11 is 1.51. The van der Waals surface area contributed by atoms with Gasteiger partial charge < -0.3 is 10.4 Å². The molecule has 0 aliphatic carbocycles. The number of amides is 1. The second-order valence-corrected chi connectivity index (χ2v) is 5.41. The van der Waals surface area contributed by atoms with Gasteiger partial charge in [-0.3, -0.25) is 4.79 Å². The first kappa shape index (κ1) is 9.40. The van der Waals surface area contributed by atoms with Gasteiger partial charge in [0.15, 0.2) is 0 Å². The first-order valence-electron chi connectivity index (χ1n) is 4.32. The molecule has 0 fully saturated rings. The van der Waals surface area contributed by atoms with Crippen LogP contribution in [-0.4, -0.2) is 15.8 Å². The highest BCUT2D eigenvalue weighted by molar-refractivity contribution is 8.01. The van der Waals surface area contributed by atoms with E-state index < -0.39 is 4.75 Å². The number of hydrogen-bond donors (Lipinski definition) is 2. The molecule has 0 saturated carbocycles. The molecule has 1 aliphatic heterocycles. The van der Waals surface area contributed by atoms with Crippen LogP contribution in [-0.2, 0) is 4.79 Å². The summed E-state index contributed by atoms with van der Waals surface area (Å²) in [4.78, 5) is 12.6. The average Bonchev–Trinajstić information content (AvgIpc) is 2.08. The molecule has 3 nitrogen and oxygen atoms in total. The van der Waals surface area contributed by atoms with Gasteiger partial charge >= 0.3 is 0 Å². The largest absolute Gasteiger partial charge is 0.508 e. The monoisotopic (exact) mass is 209 g/mol. The Morgan fingerprint density at radius 2 is 2.14 bits per heavy atom. The van der Waals surface area contributed by atoms with Crippen molar-refractivity contribution in [3.8, 4) is 5.75 Å². The molecule has 4 heteroatoms. The smallest absolute Gasteiger partial charge is 0.240 e. The average molecular weight is 209 g/mol. The Morgan fingerprint density at radius 3 is 2.86 bits per heavy atom. The van der Waals surface area contributed by atoms with E-state index in [0.717, 1.165) is 4.90 Å². The minimum Gasteiger partial charge on any atom is -0.508 e. The molecule has 2 N–H and O–H groups in total. The van der Waals surface area contributed by atoms with Crippen LogP contribution in [0.5, 0.6) is 5.75 Å². The van der Waals surface area contributed by atoms with Gasteiger partial charge in [-0.2, -0.15) is 0 Å². The third-order valence-electron chi connectivity index (χ3n) is 2.12. The van der Waals surface area contributed by atoms with E-state index in [9.17, 15) is 9.90 Å². The van der Waals surface area contributed by atoms with Crippen molar-refractivity contribution in [2.24, 2.45) is 0 Å². The van der Waals surface area contributed by atoms with Crippen LogP contribution in [0.4, 0.5) is 5.69 Å². The fourth-order valence-electron chi connectivity index (χ4n) is 1.30. The van der Waals surface area contributed by atoms with Crippen LogP contribution in [0, 0.1) is 0 Å². The number of rotatable bonds is 0. The second-order valence-electron chi connectivity index (χ2n) is 3.75. The molecule has 74 valence electrons. The standard InChI is InChI=1S/C10H11NO2S/c1-10(2)9(13)11-7-5-6(12)3-4-8(7)14-10/h3-5,12H,1-2H3,(H,11,13). The van der Waals surface area contributed by atoms with Gasteiger partial charge in [0.25, 0.3) is 0 Å². The van der Waals surface area contributed by atoms with E-state index >= 15 is 0 Å². The number of nitrogens with one attached hydrogen (secondary N) is 1. The van der Waals surface area contributed by atoms with Crippen LogP contribution < -0.4 is 5.32 Å². The number of phenols is 1. The number of phenolic OH excluding ortho intramolecular Hbond substituents is 1. The lowest BCUT2D eigenvalue weighted by Gasteiger charge is -2.29. The number of carbonyl (C=O) groups is 1. The summed E-state index contributed by atoms with van der Waals surface area (Å²) in [7, 11) is 0. The molecule has 0 aromatic heterocycles. The summed E-state index contributed by atoms with van der Waals surface area (Å²) in [6.07, 6.45) is 0. The van der Waals surface area contributed by atoms with Gasteiger partial charge in [-0.05, 0) is 26.0 Å². The summed E-state index contributed by atoms with van der Waals surface area (Å²) in [6.45, 7) is 3.76. The van der Waals surface area contributed by atoms with Crippen molar-refractivity contribution in [2.75, 3.05) is 5.32 Å².